The highest BCUT2D eigenvalue weighted by atomic mass is 32.1. The summed E-state index contributed by atoms with van der Waals surface area (Å²) in [6.07, 6.45) is 4.09. The molecule has 1 saturated heterocycles. The Bertz CT molecular complexity index is 959. The van der Waals surface area contributed by atoms with E-state index in [2.05, 4.69) is 20.2 Å². The highest BCUT2D eigenvalue weighted by Crippen LogP contribution is 2.26. The molecule has 2 amide bonds. The number of nitrogens with one attached hydrogen (secondary N) is 1. The zero-order valence-electron chi connectivity index (χ0n) is 18.3. The van der Waals surface area contributed by atoms with Crippen molar-refractivity contribution in [2.24, 2.45) is 28.1 Å². The second kappa shape index (κ2) is 11.1. The summed E-state index contributed by atoms with van der Waals surface area (Å²) in [5, 5.41) is 3.45. The van der Waals surface area contributed by atoms with Crippen LogP contribution in [0.1, 0.15) is 35.9 Å². The van der Waals surface area contributed by atoms with Crippen LogP contribution < -0.4 is 22.5 Å². The number of carbonyl (C=O) groups excluding carboxylic acids is 2. The molecule has 0 aliphatic carbocycles. The minimum absolute atomic E-state index is 0.00467. The van der Waals surface area contributed by atoms with Crippen LogP contribution in [-0.2, 0) is 28.9 Å². The molecule has 10 heteroatoms. The second-order valence-corrected chi connectivity index (χ2v) is 9.13. The SMILES string of the molecule is CC(=O)Nc1nc(CCc2ccc(N=C(N)N)cc2)c(CCN2CCC(C(N)=O)CC2)s1. The van der Waals surface area contributed by atoms with Crippen molar-refractivity contribution in [2.75, 3.05) is 25.0 Å². The van der Waals surface area contributed by atoms with Crippen LogP contribution in [0, 0.1) is 5.92 Å². The van der Waals surface area contributed by atoms with Crippen LogP contribution in [0.5, 0.6) is 0 Å². The van der Waals surface area contributed by atoms with Crippen molar-refractivity contribution in [2.45, 2.75) is 39.0 Å². The number of primary amides is 1. The van der Waals surface area contributed by atoms with E-state index in [1.54, 1.807) is 0 Å². The van der Waals surface area contributed by atoms with Gasteiger partial charge >= 0.3 is 0 Å². The normalized spacial score (nSPS) is 14.8. The quantitative estimate of drug-likeness (QED) is 0.331. The Morgan fingerprint density at radius 1 is 1.12 bits per heavy atom. The fraction of sp³-hybridized carbons (Fsp3) is 0.455. The molecule has 9 nitrogen and oxygen atoms in total. The van der Waals surface area contributed by atoms with Gasteiger partial charge in [0.2, 0.25) is 11.8 Å². The Balaban J connectivity index is 1.62. The van der Waals surface area contributed by atoms with Crippen molar-refractivity contribution >= 4 is 39.9 Å². The van der Waals surface area contributed by atoms with Crippen LogP contribution in [0.15, 0.2) is 29.3 Å². The number of aromatic nitrogens is 1. The van der Waals surface area contributed by atoms with Crippen LogP contribution >= 0.6 is 11.3 Å². The lowest BCUT2D eigenvalue weighted by Crippen LogP contribution is -2.39. The third-order valence-electron chi connectivity index (χ3n) is 5.55. The number of nitrogens with two attached hydrogens (primary N) is 3. The first-order chi connectivity index (χ1) is 15.3. The lowest BCUT2D eigenvalue weighted by atomic mass is 9.96. The van der Waals surface area contributed by atoms with Crippen LogP contribution in [-0.4, -0.2) is 47.3 Å². The standard InChI is InChI=1S/C22H31N7O2S/c1-14(30)26-22-28-18(7-4-15-2-5-17(6-3-15)27-21(24)25)19(32-22)10-13-29-11-8-16(9-12-29)20(23)31/h2-3,5-6,16H,4,7-13H2,1H3,(H2,23,31)(H4,24,25,27)(H,26,28,30). The summed E-state index contributed by atoms with van der Waals surface area (Å²) in [6, 6.07) is 7.78. The van der Waals surface area contributed by atoms with Gasteiger partial charge in [0.05, 0.1) is 11.4 Å². The number of hydrogen-bond donors (Lipinski definition) is 4. The highest BCUT2D eigenvalue weighted by molar-refractivity contribution is 7.15. The number of hydrogen-bond acceptors (Lipinski definition) is 6. The predicted octanol–water partition coefficient (Wildman–Crippen LogP) is 1.53. The second-order valence-electron chi connectivity index (χ2n) is 8.04. The number of rotatable bonds is 9. The maximum Gasteiger partial charge on any atom is 0.223 e. The van der Waals surface area contributed by atoms with Gasteiger partial charge < -0.3 is 27.4 Å². The van der Waals surface area contributed by atoms with Crippen molar-refractivity contribution in [3.63, 3.8) is 0 Å². The average molecular weight is 458 g/mol. The minimum Gasteiger partial charge on any atom is -0.370 e. The van der Waals surface area contributed by atoms with Gasteiger partial charge in [-0.3, -0.25) is 9.59 Å². The molecule has 0 bridgehead atoms. The summed E-state index contributed by atoms with van der Waals surface area (Å²) in [5.74, 6) is -0.287. The first-order valence-electron chi connectivity index (χ1n) is 10.8. The number of guanidine groups is 1. The van der Waals surface area contributed by atoms with E-state index in [-0.39, 0.29) is 23.7 Å². The molecule has 172 valence electrons. The largest absolute Gasteiger partial charge is 0.370 e. The zero-order chi connectivity index (χ0) is 23.1. The molecule has 1 fully saturated rings. The molecule has 1 aromatic carbocycles. The summed E-state index contributed by atoms with van der Waals surface area (Å²) in [5.41, 5.74) is 19.2. The third kappa shape index (κ3) is 7.03. The van der Waals surface area contributed by atoms with Gasteiger partial charge in [0.15, 0.2) is 11.1 Å². The van der Waals surface area contributed by atoms with Crippen LogP contribution in [0.25, 0.3) is 0 Å². The van der Waals surface area contributed by atoms with Gasteiger partial charge in [-0.25, -0.2) is 9.98 Å². The molecule has 3 rings (SSSR count). The lowest BCUT2D eigenvalue weighted by Gasteiger charge is -2.30. The van der Waals surface area contributed by atoms with E-state index in [1.165, 1.54) is 23.1 Å². The number of aryl methyl sites for hydroxylation is 2. The molecule has 1 aliphatic heterocycles. The molecule has 1 aromatic heterocycles. The fourth-order valence-electron chi connectivity index (χ4n) is 3.83. The summed E-state index contributed by atoms with van der Waals surface area (Å²) < 4.78 is 0. The molecule has 1 aliphatic rings. The van der Waals surface area contributed by atoms with Gasteiger partial charge in [0, 0.05) is 24.3 Å². The molecule has 0 unspecified atom stereocenters. The smallest absolute Gasteiger partial charge is 0.223 e. The van der Waals surface area contributed by atoms with E-state index >= 15 is 0 Å². The fourth-order valence-corrected chi connectivity index (χ4v) is 4.87. The molecule has 0 spiro atoms. The third-order valence-corrected chi connectivity index (χ3v) is 6.62. The molecule has 7 N–H and O–H groups in total. The van der Waals surface area contributed by atoms with Gasteiger partial charge in [0.25, 0.3) is 0 Å². The molecular formula is C22H31N7O2S. The number of aliphatic imine (C=N–C) groups is 1. The Kier molecular flexibility index (Phi) is 8.18. The first-order valence-corrected chi connectivity index (χ1v) is 11.6. The van der Waals surface area contributed by atoms with E-state index < -0.39 is 0 Å². The van der Waals surface area contributed by atoms with E-state index in [1.807, 2.05) is 24.3 Å². The molecule has 2 heterocycles. The van der Waals surface area contributed by atoms with E-state index in [4.69, 9.17) is 17.2 Å². The Hall–Kier alpha value is -2.98. The zero-order valence-corrected chi connectivity index (χ0v) is 19.2. The summed E-state index contributed by atoms with van der Waals surface area (Å²) in [4.78, 5) is 35.1. The summed E-state index contributed by atoms with van der Waals surface area (Å²) in [7, 11) is 0. The van der Waals surface area contributed by atoms with Crippen molar-refractivity contribution in [1.29, 1.82) is 0 Å². The maximum absolute atomic E-state index is 11.5. The number of likely N-dealkylation sites (tertiary alicyclic amines) is 1. The summed E-state index contributed by atoms with van der Waals surface area (Å²) in [6.45, 7) is 4.14. The number of nitrogens with zero attached hydrogens (tertiary/aromatic N) is 3. The van der Waals surface area contributed by atoms with E-state index in [9.17, 15) is 9.59 Å². The number of benzene rings is 1. The van der Waals surface area contributed by atoms with Crippen LogP contribution in [0.2, 0.25) is 0 Å². The molecule has 0 radical (unpaired) electrons. The lowest BCUT2D eigenvalue weighted by molar-refractivity contribution is -0.123. The van der Waals surface area contributed by atoms with Crippen LogP contribution in [0.4, 0.5) is 10.8 Å². The predicted molar refractivity (Wildman–Crippen MR) is 128 cm³/mol. The highest BCUT2D eigenvalue weighted by Gasteiger charge is 2.23. The topological polar surface area (TPSA) is 153 Å². The minimum atomic E-state index is -0.194. The monoisotopic (exact) mass is 457 g/mol. The van der Waals surface area contributed by atoms with Gasteiger partial charge in [-0.15, -0.1) is 11.3 Å². The molecule has 2 aromatic rings. The molecular weight excluding hydrogens is 426 g/mol. The summed E-state index contributed by atoms with van der Waals surface area (Å²) >= 11 is 1.54. The molecule has 32 heavy (non-hydrogen) atoms. The Labute approximate surface area is 192 Å². The van der Waals surface area contributed by atoms with Gasteiger partial charge in [-0.2, -0.15) is 0 Å². The number of carbonyl (C=O) groups is 2. The number of piperidine rings is 1. The number of anilines is 1. The Morgan fingerprint density at radius 3 is 2.41 bits per heavy atom. The Morgan fingerprint density at radius 2 is 1.81 bits per heavy atom. The van der Waals surface area contributed by atoms with Crippen molar-refractivity contribution in [3.05, 3.63) is 40.4 Å². The van der Waals surface area contributed by atoms with Crippen molar-refractivity contribution in [3.8, 4) is 0 Å². The number of thiazole rings is 1. The van der Waals surface area contributed by atoms with Gasteiger partial charge in [0.1, 0.15) is 0 Å². The molecule has 0 atom stereocenters. The van der Waals surface area contributed by atoms with Crippen LogP contribution in [0.3, 0.4) is 0 Å². The van der Waals surface area contributed by atoms with Crippen molar-refractivity contribution < 1.29 is 9.59 Å². The van der Waals surface area contributed by atoms with Crippen molar-refractivity contribution in [1.82, 2.24) is 9.88 Å². The van der Waals surface area contributed by atoms with E-state index in [0.29, 0.717) is 5.13 Å². The molecule has 0 saturated carbocycles. The van der Waals surface area contributed by atoms with E-state index in [0.717, 1.165) is 68.7 Å². The first kappa shape index (κ1) is 23.7. The maximum atomic E-state index is 11.5. The van der Waals surface area contributed by atoms with Gasteiger partial charge in [-0.1, -0.05) is 12.1 Å². The average Bonchev–Trinajstić information content (AvgIpc) is 3.12. The number of amides is 2. The van der Waals surface area contributed by atoms with Gasteiger partial charge in [-0.05, 0) is 62.9 Å².